The van der Waals surface area contributed by atoms with Crippen LogP contribution in [0.5, 0.6) is 5.75 Å². The van der Waals surface area contributed by atoms with Crippen LogP contribution in [0.4, 0.5) is 5.69 Å². The van der Waals surface area contributed by atoms with Crippen molar-refractivity contribution >= 4 is 37.5 Å². The van der Waals surface area contributed by atoms with Crippen molar-refractivity contribution in [2.45, 2.75) is 6.92 Å². The van der Waals surface area contributed by atoms with Gasteiger partial charge in [-0.2, -0.15) is 0 Å². The van der Waals surface area contributed by atoms with Crippen LogP contribution in [0.15, 0.2) is 15.0 Å². The van der Waals surface area contributed by atoms with Gasteiger partial charge in [-0.15, -0.1) is 0 Å². The first-order chi connectivity index (χ1) is 5.95. The highest BCUT2D eigenvalue weighted by Gasteiger charge is 2.22. The van der Waals surface area contributed by atoms with E-state index in [-0.39, 0.29) is 11.4 Å². The minimum atomic E-state index is -0.628. The van der Waals surface area contributed by atoms with Gasteiger partial charge in [-0.25, -0.2) is 0 Å². The average molecular weight is 311 g/mol. The average Bonchev–Trinajstić information content (AvgIpc) is 2.01. The molecule has 0 bridgehead atoms. The SMILES string of the molecule is Cc1cc(Br)c(O)c([N+](=O)[O-])c1Br. The lowest BCUT2D eigenvalue weighted by molar-refractivity contribution is -0.386. The topological polar surface area (TPSA) is 63.4 Å². The Balaban J connectivity index is 3.56. The zero-order valence-electron chi connectivity index (χ0n) is 6.54. The Morgan fingerprint density at radius 1 is 1.54 bits per heavy atom. The smallest absolute Gasteiger partial charge is 0.326 e. The monoisotopic (exact) mass is 309 g/mol. The number of hydrogen-bond donors (Lipinski definition) is 1. The molecule has 0 atom stereocenters. The van der Waals surface area contributed by atoms with Crippen molar-refractivity contribution in [3.63, 3.8) is 0 Å². The molecule has 1 aromatic rings. The van der Waals surface area contributed by atoms with E-state index in [0.29, 0.717) is 14.5 Å². The molecule has 0 radical (unpaired) electrons. The molecule has 4 nitrogen and oxygen atoms in total. The van der Waals surface area contributed by atoms with Gasteiger partial charge < -0.3 is 5.11 Å². The van der Waals surface area contributed by atoms with Gasteiger partial charge in [0.15, 0.2) is 0 Å². The Bertz CT molecular complexity index is 352. The number of aryl methyl sites for hydroxylation is 1. The largest absolute Gasteiger partial charge is 0.501 e. The fourth-order valence-corrected chi connectivity index (χ4v) is 1.87. The molecule has 70 valence electrons. The van der Waals surface area contributed by atoms with E-state index < -0.39 is 4.92 Å². The van der Waals surface area contributed by atoms with Gasteiger partial charge in [0.1, 0.15) is 4.47 Å². The Morgan fingerprint density at radius 2 is 2.08 bits per heavy atom. The minimum absolute atomic E-state index is 0.304. The van der Waals surface area contributed by atoms with Crippen LogP contribution in [0, 0.1) is 17.0 Å². The molecule has 0 aromatic heterocycles. The molecule has 0 spiro atoms. The number of benzene rings is 1. The van der Waals surface area contributed by atoms with Crippen LogP contribution in [0.3, 0.4) is 0 Å². The maximum absolute atomic E-state index is 10.5. The van der Waals surface area contributed by atoms with E-state index in [9.17, 15) is 15.2 Å². The number of halogens is 2. The Labute approximate surface area is 91.0 Å². The number of nitro groups is 1. The molecule has 0 aliphatic rings. The number of aromatic hydroxyl groups is 1. The quantitative estimate of drug-likeness (QED) is 0.640. The Hall–Kier alpha value is -0.620. The number of rotatable bonds is 1. The summed E-state index contributed by atoms with van der Waals surface area (Å²) in [6.07, 6.45) is 0. The Kier molecular flexibility index (Phi) is 2.92. The maximum atomic E-state index is 10.5. The molecule has 0 fully saturated rings. The second-order valence-electron chi connectivity index (χ2n) is 2.44. The molecule has 6 heteroatoms. The summed E-state index contributed by atoms with van der Waals surface area (Å²) in [5, 5.41) is 19.9. The molecular formula is C7H5Br2NO3. The summed E-state index contributed by atoms with van der Waals surface area (Å²) < 4.78 is 0.623. The van der Waals surface area contributed by atoms with Gasteiger partial charge in [0, 0.05) is 0 Å². The highest BCUT2D eigenvalue weighted by atomic mass is 79.9. The van der Waals surface area contributed by atoms with Crippen LogP contribution in [-0.4, -0.2) is 10.0 Å². The van der Waals surface area contributed by atoms with Crippen LogP contribution in [-0.2, 0) is 0 Å². The second kappa shape index (κ2) is 3.63. The van der Waals surface area contributed by atoms with Crippen molar-refractivity contribution in [2.75, 3.05) is 0 Å². The third-order valence-corrected chi connectivity index (χ3v) is 3.14. The molecule has 1 rings (SSSR count). The molecule has 0 heterocycles. The number of nitro benzene ring substituents is 1. The third-order valence-electron chi connectivity index (χ3n) is 1.53. The number of nitrogens with zero attached hydrogens (tertiary/aromatic N) is 1. The maximum Gasteiger partial charge on any atom is 0.326 e. The van der Waals surface area contributed by atoms with Gasteiger partial charge in [-0.3, -0.25) is 10.1 Å². The molecule has 1 N–H and O–H groups in total. The molecule has 1 aromatic carbocycles. The van der Waals surface area contributed by atoms with Gasteiger partial charge in [-0.05, 0) is 50.4 Å². The van der Waals surface area contributed by atoms with Crippen LogP contribution < -0.4 is 0 Å². The lowest BCUT2D eigenvalue weighted by Crippen LogP contribution is -1.92. The molecule has 0 amide bonds. The van der Waals surface area contributed by atoms with Crippen molar-refractivity contribution in [2.24, 2.45) is 0 Å². The summed E-state index contributed by atoms with van der Waals surface area (Å²) in [4.78, 5) is 9.91. The number of phenols is 1. The normalized spacial score (nSPS) is 10.1. The first-order valence-electron chi connectivity index (χ1n) is 3.27. The summed E-state index contributed by atoms with van der Waals surface area (Å²) in [5.74, 6) is -0.359. The van der Waals surface area contributed by atoms with E-state index in [4.69, 9.17) is 0 Å². The highest BCUT2D eigenvalue weighted by Crippen LogP contribution is 2.41. The zero-order chi connectivity index (χ0) is 10.2. The van der Waals surface area contributed by atoms with Gasteiger partial charge in [0.25, 0.3) is 0 Å². The fourth-order valence-electron chi connectivity index (χ4n) is 0.892. The summed E-state index contributed by atoms with van der Waals surface area (Å²) in [7, 11) is 0. The minimum Gasteiger partial charge on any atom is -0.501 e. The van der Waals surface area contributed by atoms with E-state index in [1.165, 1.54) is 0 Å². The van der Waals surface area contributed by atoms with E-state index in [2.05, 4.69) is 31.9 Å². The van der Waals surface area contributed by atoms with Gasteiger partial charge in [0.2, 0.25) is 5.75 Å². The number of phenolic OH excluding ortho intramolecular Hbond substituents is 1. The van der Waals surface area contributed by atoms with Crippen molar-refractivity contribution < 1.29 is 10.0 Å². The van der Waals surface area contributed by atoms with Crippen molar-refractivity contribution in [3.8, 4) is 5.75 Å². The van der Waals surface area contributed by atoms with Gasteiger partial charge in [-0.1, -0.05) is 0 Å². The number of hydrogen-bond acceptors (Lipinski definition) is 3. The Morgan fingerprint density at radius 3 is 2.54 bits per heavy atom. The van der Waals surface area contributed by atoms with E-state index in [1.54, 1.807) is 13.0 Å². The van der Waals surface area contributed by atoms with Crippen LogP contribution in [0.2, 0.25) is 0 Å². The van der Waals surface area contributed by atoms with Crippen LogP contribution in [0.25, 0.3) is 0 Å². The lowest BCUT2D eigenvalue weighted by atomic mass is 10.2. The van der Waals surface area contributed by atoms with E-state index in [0.717, 1.165) is 0 Å². The standard InChI is InChI=1S/C7H5Br2NO3/c1-3-2-4(8)7(11)6(5(3)9)10(12)13/h2,11H,1H3. The molecule has 0 saturated heterocycles. The van der Waals surface area contributed by atoms with E-state index in [1.807, 2.05) is 0 Å². The summed E-state index contributed by atoms with van der Waals surface area (Å²) in [6.45, 7) is 1.71. The fraction of sp³-hybridized carbons (Fsp3) is 0.143. The third kappa shape index (κ3) is 1.83. The predicted octanol–water partition coefficient (Wildman–Crippen LogP) is 3.13. The molecule has 0 aliphatic heterocycles. The zero-order valence-corrected chi connectivity index (χ0v) is 9.72. The van der Waals surface area contributed by atoms with Crippen molar-refractivity contribution in [3.05, 3.63) is 30.7 Å². The second-order valence-corrected chi connectivity index (χ2v) is 4.09. The lowest BCUT2D eigenvalue weighted by Gasteiger charge is -2.03. The molecule has 0 aliphatic carbocycles. The van der Waals surface area contributed by atoms with Gasteiger partial charge >= 0.3 is 5.69 Å². The molecule has 0 unspecified atom stereocenters. The van der Waals surface area contributed by atoms with E-state index >= 15 is 0 Å². The highest BCUT2D eigenvalue weighted by molar-refractivity contribution is 9.11. The first-order valence-corrected chi connectivity index (χ1v) is 4.85. The predicted molar refractivity (Wildman–Crippen MR) is 54.9 cm³/mol. The molecule has 0 saturated carbocycles. The summed E-state index contributed by atoms with van der Waals surface area (Å²) in [5.41, 5.74) is 0.378. The first kappa shape index (κ1) is 10.5. The summed E-state index contributed by atoms with van der Waals surface area (Å²) >= 11 is 6.07. The van der Waals surface area contributed by atoms with Crippen LogP contribution >= 0.6 is 31.9 Å². The molecule has 13 heavy (non-hydrogen) atoms. The molecular weight excluding hydrogens is 306 g/mol. The van der Waals surface area contributed by atoms with Crippen LogP contribution in [0.1, 0.15) is 5.56 Å². The summed E-state index contributed by atoms with van der Waals surface area (Å²) in [6, 6.07) is 1.60. The van der Waals surface area contributed by atoms with Crippen molar-refractivity contribution in [1.82, 2.24) is 0 Å². The van der Waals surface area contributed by atoms with Gasteiger partial charge in [0.05, 0.1) is 9.40 Å². The van der Waals surface area contributed by atoms with Crippen molar-refractivity contribution in [1.29, 1.82) is 0 Å².